The summed E-state index contributed by atoms with van der Waals surface area (Å²) in [6, 6.07) is 0. The Kier molecular flexibility index (Phi) is 5.67. The average Bonchev–Trinajstić information content (AvgIpc) is 3.06. The van der Waals surface area contributed by atoms with E-state index in [4.69, 9.17) is 16.3 Å². The third-order valence-electron chi connectivity index (χ3n) is 3.64. The van der Waals surface area contributed by atoms with Crippen LogP contribution in [0.2, 0.25) is 5.02 Å². The first kappa shape index (κ1) is 17.4. The summed E-state index contributed by atoms with van der Waals surface area (Å²) in [5.41, 5.74) is 0.694. The Hall–Kier alpha value is -2.39. The molecule has 1 amide bonds. The largest absolute Gasteiger partial charge is 0.378 e. The molecule has 0 aliphatic carbocycles. The Bertz CT molecular complexity index is 730. The highest BCUT2D eigenvalue weighted by molar-refractivity contribution is 6.32. The summed E-state index contributed by atoms with van der Waals surface area (Å²) in [5.74, 6) is 0.992. The zero-order chi connectivity index (χ0) is 17.6. The molecule has 2 N–H and O–H groups in total. The molecule has 0 spiro atoms. The van der Waals surface area contributed by atoms with Crippen LogP contribution in [0.3, 0.4) is 0 Å². The van der Waals surface area contributed by atoms with Gasteiger partial charge in [0, 0.05) is 25.8 Å². The van der Waals surface area contributed by atoms with Crippen LogP contribution < -0.4 is 10.6 Å². The van der Waals surface area contributed by atoms with Crippen molar-refractivity contribution in [1.82, 2.24) is 24.6 Å². The van der Waals surface area contributed by atoms with Crippen LogP contribution in [-0.2, 0) is 16.1 Å². The molecule has 134 valence electrons. The van der Waals surface area contributed by atoms with Crippen LogP contribution in [0.25, 0.3) is 0 Å². The fourth-order valence-corrected chi connectivity index (χ4v) is 2.57. The molecule has 1 aliphatic heterocycles. The second-order valence-corrected chi connectivity index (χ2v) is 5.87. The lowest BCUT2D eigenvalue weighted by Gasteiger charge is -2.26. The molecule has 2 aromatic heterocycles. The molecule has 0 atom stereocenters. The van der Waals surface area contributed by atoms with E-state index in [0.717, 1.165) is 0 Å². The van der Waals surface area contributed by atoms with E-state index in [2.05, 4.69) is 25.7 Å². The SMILES string of the molecule is CCNc1nc(Nc2cnn(CC(=O)N3CCOCC3)c2)ncc1Cl. The van der Waals surface area contributed by atoms with E-state index in [1.165, 1.54) is 6.20 Å². The van der Waals surface area contributed by atoms with Crippen LogP contribution in [0, 0.1) is 0 Å². The predicted octanol–water partition coefficient (Wildman–Crippen LogP) is 1.36. The third kappa shape index (κ3) is 4.58. The monoisotopic (exact) mass is 365 g/mol. The second-order valence-electron chi connectivity index (χ2n) is 5.47. The van der Waals surface area contributed by atoms with Crippen molar-refractivity contribution in [2.24, 2.45) is 0 Å². The van der Waals surface area contributed by atoms with E-state index < -0.39 is 0 Å². The first-order chi connectivity index (χ1) is 12.2. The van der Waals surface area contributed by atoms with Crippen molar-refractivity contribution in [3.63, 3.8) is 0 Å². The van der Waals surface area contributed by atoms with Crippen molar-refractivity contribution < 1.29 is 9.53 Å². The number of nitrogens with zero attached hydrogens (tertiary/aromatic N) is 5. The standard InChI is InChI=1S/C15H20ClN7O2/c1-2-17-14-12(16)8-18-15(21-14)20-11-7-19-23(9-11)10-13(24)22-3-5-25-6-4-22/h7-9H,2-6,10H2,1H3,(H2,17,18,20,21). The van der Waals surface area contributed by atoms with Gasteiger partial charge in [0.1, 0.15) is 17.4 Å². The summed E-state index contributed by atoms with van der Waals surface area (Å²) < 4.78 is 6.84. The number of hydrogen-bond acceptors (Lipinski definition) is 7. The quantitative estimate of drug-likeness (QED) is 0.797. The summed E-state index contributed by atoms with van der Waals surface area (Å²) >= 11 is 6.03. The molecular weight excluding hydrogens is 346 g/mol. The van der Waals surface area contributed by atoms with E-state index in [-0.39, 0.29) is 12.5 Å². The van der Waals surface area contributed by atoms with Crippen molar-refractivity contribution in [2.45, 2.75) is 13.5 Å². The maximum atomic E-state index is 12.2. The first-order valence-corrected chi connectivity index (χ1v) is 8.45. The number of hydrogen-bond donors (Lipinski definition) is 2. The minimum atomic E-state index is 0.0233. The third-order valence-corrected chi connectivity index (χ3v) is 3.92. The molecule has 10 heteroatoms. The maximum Gasteiger partial charge on any atom is 0.244 e. The Morgan fingerprint density at radius 1 is 1.36 bits per heavy atom. The van der Waals surface area contributed by atoms with Gasteiger partial charge in [-0.05, 0) is 6.92 Å². The zero-order valence-corrected chi connectivity index (χ0v) is 14.7. The van der Waals surface area contributed by atoms with Crippen LogP contribution in [-0.4, -0.2) is 63.4 Å². The van der Waals surface area contributed by atoms with Gasteiger partial charge in [0.2, 0.25) is 11.9 Å². The number of aromatic nitrogens is 4. The second kappa shape index (κ2) is 8.13. The van der Waals surface area contributed by atoms with Gasteiger partial charge < -0.3 is 20.3 Å². The zero-order valence-electron chi connectivity index (χ0n) is 13.9. The van der Waals surface area contributed by atoms with Gasteiger partial charge in [0.25, 0.3) is 0 Å². The van der Waals surface area contributed by atoms with Gasteiger partial charge in [0.05, 0.1) is 31.3 Å². The summed E-state index contributed by atoms with van der Waals surface area (Å²) in [6.07, 6.45) is 4.89. The van der Waals surface area contributed by atoms with Gasteiger partial charge in [-0.3, -0.25) is 9.48 Å². The fraction of sp³-hybridized carbons (Fsp3) is 0.467. The molecule has 0 radical (unpaired) electrons. The lowest BCUT2D eigenvalue weighted by atomic mass is 10.4. The average molecular weight is 366 g/mol. The highest BCUT2D eigenvalue weighted by Gasteiger charge is 2.17. The van der Waals surface area contributed by atoms with Crippen molar-refractivity contribution in [3.05, 3.63) is 23.6 Å². The molecule has 2 aromatic rings. The number of carbonyl (C=O) groups excluding carboxylic acids is 1. The van der Waals surface area contributed by atoms with E-state index in [1.54, 1.807) is 22.0 Å². The molecule has 0 bridgehead atoms. The molecule has 0 saturated carbocycles. The number of nitrogens with one attached hydrogen (secondary N) is 2. The normalized spacial score (nSPS) is 14.4. The van der Waals surface area contributed by atoms with Crippen LogP contribution >= 0.6 is 11.6 Å². The Morgan fingerprint density at radius 3 is 2.92 bits per heavy atom. The highest BCUT2D eigenvalue weighted by atomic mass is 35.5. The first-order valence-electron chi connectivity index (χ1n) is 8.07. The highest BCUT2D eigenvalue weighted by Crippen LogP contribution is 2.21. The Balaban J connectivity index is 1.61. The fourth-order valence-electron chi connectivity index (χ4n) is 2.41. The number of rotatable bonds is 6. The van der Waals surface area contributed by atoms with Crippen molar-refractivity contribution >= 4 is 35.0 Å². The van der Waals surface area contributed by atoms with Crippen LogP contribution in [0.5, 0.6) is 0 Å². The number of morpholine rings is 1. The Morgan fingerprint density at radius 2 is 2.16 bits per heavy atom. The molecule has 3 heterocycles. The smallest absolute Gasteiger partial charge is 0.244 e. The van der Waals surface area contributed by atoms with Gasteiger partial charge in [-0.2, -0.15) is 10.1 Å². The predicted molar refractivity (Wildman–Crippen MR) is 94.1 cm³/mol. The molecule has 1 fully saturated rings. The molecule has 3 rings (SSSR count). The lowest BCUT2D eigenvalue weighted by Crippen LogP contribution is -2.42. The van der Waals surface area contributed by atoms with Crippen molar-refractivity contribution in [3.8, 4) is 0 Å². The van der Waals surface area contributed by atoms with Gasteiger partial charge >= 0.3 is 0 Å². The molecular formula is C15H20ClN7O2. The minimum absolute atomic E-state index is 0.0233. The molecule has 9 nitrogen and oxygen atoms in total. The number of amides is 1. The van der Waals surface area contributed by atoms with Gasteiger partial charge in [-0.25, -0.2) is 4.98 Å². The molecule has 25 heavy (non-hydrogen) atoms. The number of ether oxygens (including phenoxy) is 1. The maximum absolute atomic E-state index is 12.2. The molecule has 1 aliphatic rings. The summed E-state index contributed by atoms with van der Waals surface area (Å²) in [6.45, 7) is 5.26. The van der Waals surface area contributed by atoms with Crippen LogP contribution in [0.4, 0.5) is 17.5 Å². The number of carbonyl (C=O) groups is 1. The van der Waals surface area contributed by atoms with Gasteiger partial charge in [-0.15, -0.1) is 0 Å². The molecule has 0 aromatic carbocycles. The number of anilines is 3. The Labute approximate surface area is 150 Å². The van der Waals surface area contributed by atoms with E-state index >= 15 is 0 Å². The topological polar surface area (TPSA) is 97.2 Å². The van der Waals surface area contributed by atoms with Gasteiger partial charge in [-0.1, -0.05) is 11.6 Å². The molecule has 1 saturated heterocycles. The lowest BCUT2D eigenvalue weighted by molar-refractivity contribution is -0.136. The summed E-state index contributed by atoms with van der Waals surface area (Å²) in [5, 5.41) is 10.8. The van der Waals surface area contributed by atoms with Gasteiger partial charge in [0.15, 0.2) is 0 Å². The summed E-state index contributed by atoms with van der Waals surface area (Å²) in [4.78, 5) is 22.5. The molecule has 0 unspecified atom stereocenters. The van der Waals surface area contributed by atoms with Crippen LogP contribution in [0.1, 0.15) is 6.92 Å². The van der Waals surface area contributed by atoms with E-state index in [1.807, 2.05) is 6.92 Å². The summed E-state index contributed by atoms with van der Waals surface area (Å²) in [7, 11) is 0. The minimum Gasteiger partial charge on any atom is -0.378 e. The number of halogens is 1. The van der Waals surface area contributed by atoms with Crippen molar-refractivity contribution in [2.75, 3.05) is 43.5 Å². The van der Waals surface area contributed by atoms with Crippen LogP contribution in [0.15, 0.2) is 18.6 Å². The van der Waals surface area contributed by atoms with Crippen molar-refractivity contribution in [1.29, 1.82) is 0 Å². The van der Waals surface area contributed by atoms with E-state index in [9.17, 15) is 4.79 Å². The van der Waals surface area contributed by atoms with E-state index in [0.29, 0.717) is 55.3 Å².